The summed E-state index contributed by atoms with van der Waals surface area (Å²) < 4.78 is 28.2. The van der Waals surface area contributed by atoms with E-state index in [0.29, 0.717) is 11.3 Å². The standard InChI is InChI=1S/C22H20BrN3O4S/c1-16-6-5-7-19(12-16)26(31(29,30)20-8-3-2-4-9-20)15-22(28)25-24-14-17-13-18(23)10-11-21(17)27/h2-14,27H,15H2,1H3,(H,25,28)/b24-14-. The topological polar surface area (TPSA) is 99.1 Å². The van der Waals surface area contributed by atoms with Gasteiger partial charge in [-0.15, -0.1) is 0 Å². The van der Waals surface area contributed by atoms with Crippen molar-refractivity contribution in [2.24, 2.45) is 5.10 Å². The van der Waals surface area contributed by atoms with Crippen LogP contribution in [0.1, 0.15) is 11.1 Å². The lowest BCUT2D eigenvalue weighted by Gasteiger charge is -2.24. The molecule has 3 aromatic rings. The van der Waals surface area contributed by atoms with Gasteiger partial charge >= 0.3 is 0 Å². The maximum atomic E-state index is 13.2. The van der Waals surface area contributed by atoms with Crippen molar-refractivity contribution in [3.8, 4) is 5.75 Å². The second-order valence-electron chi connectivity index (χ2n) is 6.66. The Bertz CT molecular complexity index is 1210. The minimum Gasteiger partial charge on any atom is -0.507 e. The number of carbonyl (C=O) groups is 1. The van der Waals surface area contributed by atoms with Crippen molar-refractivity contribution in [2.75, 3.05) is 10.8 Å². The van der Waals surface area contributed by atoms with Crippen LogP contribution in [-0.4, -0.2) is 32.2 Å². The fourth-order valence-corrected chi connectivity index (χ4v) is 4.60. The number of hydrazone groups is 1. The number of nitrogens with one attached hydrogen (secondary N) is 1. The first-order chi connectivity index (χ1) is 14.8. The highest BCUT2D eigenvalue weighted by Crippen LogP contribution is 2.24. The fourth-order valence-electron chi connectivity index (χ4n) is 2.79. The van der Waals surface area contributed by atoms with Crippen LogP contribution in [-0.2, 0) is 14.8 Å². The van der Waals surface area contributed by atoms with E-state index in [4.69, 9.17) is 0 Å². The Morgan fingerprint density at radius 3 is 2.55 bits per heavy atom. The first-order valence-electron chi connectivity index (χ1n) is 9.22. The van der Waals surface area contributed by atoms with Gasteiger partial charge < -0.3 is 5.11 Å². The molecule has 0 saturated heterocycles. The third-order valence-corrected chi connectivity index (χ3v) is 6.57. The SMILES string of the molecule is Cc1cccc(N(CC(=O)N/N=C\c2cc(Br)ccc2O)S(=O)(=O)c2ccccc2)c1. The molecule has 0 aliphatic rings. The summed E-state index contributed by atoms with van der Waals surface area (Å²) in [5.41, 5.74) is 3.93. The molecule has 31 heavy (non-hydrogen) atoms. The zero-order chi connectivity index (χ0) is 22.4. The Morgan fingerprint density at radius 1 is 1.10 bits per heavy atom. The van der Waals surface area contributed by atoms with Crippen LogP contribution >= 0.6 is 15.9 Å². The molecule has 0 heterocycles. The van der Waals surface area contributed by atoms with Crippen molar-refractivity contribution in [1.82, 2.24) is 5.43 Å². The van der Waals surface area contributed by atoms with E-state index in [-0.39, 0.29) is 10.6 Å². The van der Waals surface area contributed by atoms with Crippen LogP contribution < -0.4 is 9.73 Å². The number of amides is 1. The van der Waals surface area contributed by atoms with E-state index < -0.39 is 22.5 Å². The van der Waals surface area contributed by atoms with Gasteiger partial charge in [-0.3, -0.25) is 9.10 Å². The largest absolute Gasteiger partial charge is 0.507 e. The number of hydrogen-bond acceptors (Lipinski definition) is 5. The van der Waals surface area contributed by atoms with Gasteiger partial charge in [0, 0.05) is 10.0 Å². The number of sulfonamides is 1. The lowest BCUT2D eigenvalue weighted by Crippen LogP contribution is -2.39. The van der Waals surface area contributed by atoms with Crippen molar-refractivity contribution in [3.05, 3.63) is 88.4 Å². The van der Waals surface area contributed by atoms with Gasteiger partial charge in [0.2, 0.25) is 0 Å². The van der Waals surface area contributed by atoms with E-state index in [0.717, 1.165) is 14.3 Å². The molecule has 2 N–H and O–H groups in total. The predicted molar refractivity (Wildman–Crippen MR) is 124 cm³/mol. The molecule has 0 radical (unpaired) electrons. The number of phenols is 1. The Hall–Kier alpha value is -3.17. The number of carbonyl (C=O) groups excluding carboxylic acids is 1. The number of aromatic hydroxyl groups is 1. The average molecular weight is 502 g/mol. The van der Waals surface area contributed by atoms with Gasteiger partial charge in [-0.1, -0.05) is 46.3 Å². The normalized spacial score (nSPS) is 11.4. The second kappa shape index (κ2) is 9.76. The lowest BCUT2D eigenvalue weighted by molar-refractivity contribution is -0.119. The molecule has 3 rings (SSSR count). The Kier molecular flexibility index (Phi) is 7.09. The summed E-state index contributed by atoms with van der Waals surface area (Å²) in [6.45, 7) is 1.37. The van der Waals surface area contributed by atoms with Gasteiger partial charge in [0.25, 0.3) is 15.9 Å². The zero-order valence-corrected chi connectivity index (χ0v) is 19.0. The average Bonchev–Trinajstić information content (AvgIpc) is 2.75. The highest BCUT2D eigenvalue weighted by atomic mass is 79.9. The van der Waals surface area contributed by atoms with Crippen LogP contribution in [0.25, 0.3) is 0 Å². The number of halogens is 1. The maximum Gasteiger partial charge on any atom is 0.264 e. The smallest absolute Gasteiger partial charge is 0.264 e. The van der Waals surface area contributed by atoms with E-state index in [2.05, 4.69) is 26.5 Å². The van der Waals surface area contributed by atoms with E-state index in [1.165, 1.54) is 24.4 Å². The second-order valence-corrected chi connectivity index (χ2v) is 9.44. The first kappa shape index (κ1) is 22.5. The molecule has 0 fully saturated rings. The molecule has 0 atom stereocenters. The lowest BCUT2D eigenvalue weighted by atomic mass is 10.2. The van der Waals surface area contributed by atoms with Crippen molar-refractivity contribution in [3.63, 3.8) is 0 Å². The Balaban J connectivity index is 1.84. The molecule has 7 nitrogen and oxygen atoms in total. The third-order valence-electron chi connectivity index (χ3n) is 4.29. The number of aryl methyl sites for hydroxylation is 1. The van der Waals surface area contributed by atoms with E-state index in [9.17, 15) is 18.3 Å². The molecule has 1 amide bonds. The van der Waals surface area contributed by atoms with Gasteiger partial charge in [-0.05, 0) is 55.0 Å². The summed E-state index contributed by atoms with van der Waals surface area (Å²) in [5, 5.41) is 13.7. The van der Waals surface area contributed by atoms with Crippen molar-refractivity contribution >= 4 is 43.8 Å². The Morgan fingerprint density at radius 2 is 1.84 bits per heavy atom. The minimum atomic E-state index is -3.98. The van der Waals surface area contributed by atoms with E-state index >= 15 is 0 Å². The minimum absolute atomic E-state index is 0.00533. The molecule has 9 heteroatoms. The number of benzene rings is 3. The third kappa shape index (κ3) is 5.71. The summed E-state index contributed by atoms with van der Waals surface area (Å²) in [5.74, 6) is -0.638. The number of phenolic OH excluding ortho intramolecular Hbond substituents is 1. The molecule has 0 aliphatic heterocycles. The van der Waals surface area contributed by atoms with Crippen LogP contribution in [0.4, 0.5) is 5.69 Å². The molecular weight excluding hydrogens is 482 g/mol. The van der Waals surface area contributed by atoms with Crippen LogP contribution in [0.2, 0.25) is 0 Å². The summed E-state index contributed by atoms with van der Waals surface area (Å²) in [6, 6.07) is 19.6. The van der Waals surface area contributed by atoms with Gasteiger partial charge in [0.05, 0.1) is 16.8 Å². The summed E-state index contributed by atoms with van der Waals surface area (Å²) in [7, 11) is -3.98. The van der Waals surface area contributed by atoms with Crippen LogP contribution in [0, 0.1) is 6.92 Å². The molecule has 0 saturated carbocycles. The molecular formula is C22H20BrN3O4S. The van der Waals surface area contributed by atoms with Crippen LogP contribution in [0.5, 0.6) is 5.75 Å². The van der Waals surface area contributed by atoms with E-state index in [1.807, 2.05) is 13.0 Å². The number of rotatable bonds is 7. The molecule has 160 valence electrons. The predicted octanol–water partition coefficient (Wildman–Crippen LogP) is 3.81. The number of anilines is 1. The molecule has 0 unspecified atom stereocenters. The number of hydrogen-bond donors (Lipinski definition) is 2. The molecule has 0 spiro atoms. The van der Waals surface area contributed by atoms with Crippen LogP contribution in [0.3, 0.4) is 0 Å². The molecule has 3 aromatic carbocycles. The van der Waals surface area contributed by atoms with E-state index in [1.54, 1.807) is 48.5 Å². The van der Waals surface area contributed by atoms with Crippen molar-refractivity contribution in [2.45, 2.75) is 11.8 Å². The number of nitrogens with zero attached hydrogens (tertiary/aromatic N) is 2. The first-order valence-corrected chi connectivity index (χ1v) is 11.5. The summed E-state index contributed by atoms with van der Waals surface area (Å²) >= 11 is 3.29. The molecule has 0 aliphatic carbocycles. The summed E-state index contributed by atoms with van der Waals surface area (Å²) in [4.78, 5) is 12.6. The molecule has 0 aromatic heterocycles. The Labute approximate surface area is 189 Å². The van der Waals surface area contributed by atoms with Gasteiger partial charge in [-0.2, -0.15) is 5.10 Å². The highest BCUT2D eigenvalue weighted by molar-refractivity contribution is 9.10. The fraction of sp³-hybridized carbons (Fsp3) is 0.0909. The quantitative estimate of drug-likeness (QED) is 0.379. The van der Waals surface area contributed by atoms with Crippen molar-refractivity contribution in [1.29, 1.82) is 0 Å². The summed E-state index contributed by atoms with van der Waals surface area (Å²) in [6.07, 6.45) is 1.28. The maximum absolute atomic E-state index is 13.2. The zero-order valence-electron chi connectivity index (χ0n) is 16.6. The van der Waals surface area contributed by atoms with Gasteiger partial charge in [0.1, 0.15) is 12.3 Å². The highest BCUT2D eigenvalue weighted by Gasteiger charge is 2.27. The van der Waals surface area contributed by atoms with Gasteiger partial charge in [0.15, 0.2) is 0 Å². The molecule has 0 bridgehead atoms. The monoisotopic (exact) mass is 501 g/mol. The van der Waals surface area contributed by atoms with Crippen molar-refractivity contribution < 1.29 is 18.3 Å². The van der Waals surface area contributed by atoms with Crippen LogP contribution in [0.15, 0.2) is 87.3 Å². The van der Waals surface area contributed by atoms with Gasteiger partial charge in [-0.25, -0.2) is 13.8 Å².